The second-order valence-corrected chi connectivity index (χ2v) is 5.41. The van der Waals surface area contributed by atoms with E-state index in [0.29, 0.717) is 38.3 Å². The molecule has 0 fully saturated rings. The van der Waals surface area contributed by atoms with E-state index in [1.54, 1.807) is 0 Å². The minimum Gasteiger partial charge on any atom is -0.368 e. The first-order valence-corrected chi connectivity index (χ1v) is 7.57. The molecule has 1 aromatic heterocycles. The molecule has 6 nitrogen and oxygen atoms in total. The molecule has 2 heterocycles. The molecule has 0 atom stereocenters. The Hall–Kier alpha value is -2.94. The Morgan fingerprint density at radius 1 is 1.22 bits per heavy atom. The number of nitrogens with one attached hydrogen (secondary N) is 1. The van der Waals surface area contributed by atoms with Crippen LogP contribution in [0.1, 0.15) is 29.7 Å². The lowest BCUT2D eigenvalue weighted by molar-refractivity contribution is -0.131. The van der Waals surface area contributed by atoms with E-state index in [1.165, 1.54) is 23.5 Å². The Balaban J connectivity index is 1.45. The van der Waals surface area contributed by atoms with E-state index >= 15 is 0 Å². The molecule has 3 rings (SSSR count). The number of nitrogens with zero attached hydrogens (tertiary/aromatic N) is 4. The van der Waals surface area contributed by atoms with Crippen LogP contribution in [0.4, 0.5) is 5.82 Å². The molecule has 0 aliphatic carbocycles. The van der Waals surface area contributed by atoms with Gasteiger partial charge in [0.2, 0.25) is 5.91 Å². The van der Waals surface area contributed by atoms with Gasteiger partial charge in [-0.25, -0.2) is 9.97 Å². The molecule has 2 aromatic rings. The third kappa shape index (κ3) is 3.46. The zero-order valence-corrected chi connectivity index (χ0v) is 12.7. The number of amides is 1. The Bertz CT molecular complexity index is 728. The van der Waals surface area contributed by atoms with E-state index in [4.69, 9.17) is 5.26 Å². The topological polar surface area (TPSA) is 81.9 Å². The van der Waals surface area contributed by atoms with Gasteiger partial charge in [0.05, 0.1) is 0 Å². The molecule has 0 spiro atoms. The van der Waals surface area contributed by atoms with Crippen molar-refractivity contribution < 1.29 is 4.79 Å². The molecule has 1 aliphatic rings. The van der Waals surface area contributed by atoms with Crippen LogP contribution in [-0.4, -0.2) is 27.3 Å². The molecule has 0 radical (unpaired) electrons. The highest BCUT2D eigenvalue weighted by atomic mass is 16.2. The van der Waals surface area contributed by atoms with Gasteiger partial charge >= 0.3 is 0 Å². The fraction of sp³-hybridized carbons (Fsp3) is 0.294. The van der Waals surface area contributed by atoms with Gasteiger partial charge in [0.15, 0.2) is 11.5 Å². The quantitative estimate of drug-likeness (QED) is 0.855. The predicted octanol–water partition coefficient (Wildman–Crippen LogP) is 2.08. The van der Waals surface area contributed by atoms with E-state index in [1.807, 2.05) is 23.1 Å². The first kappa shape index (κ1) is 15.0. The van der Waals surface area contributed by atoms with E-state index in [0.717, 1.165) is 0 Å². The molecular formula is C17H17N5O. The minimum atomic E-state index is 0.155. The van der Waals surface area contributed by atoms with Gasteiger partial charge in [-0.05, 0) is 17.5 Å². The number of nitriles is 1. The number of hydrogen-bond donors (Lipinski definition) is 1. The molecule has 0 saturated carbocycles. The second kappa shape index (κ2) is 6.88. The molecule has 1 aliphatic heterocycles. The van der Waals surface area contributed by atoms with Crippen LogP contribution in [0.25, 0.3) is 0 Å². The summed E-state index contributed by atoms with van der Waals surface area (Å²) in [5, 5.41) is 12.0. The summed E-state index contributed by atoms with van der Waals surface area (Å²) >= 11 is 0. The number of carbonyl (C=O) groups is 1. The van der Waals surface area contributed by atoms with Crippen LogP contribution in [-0.2, 0) is 17.9 Å². The van der Waals surface area contributed by atoms with E-state index in [2.05, 4.69) is 27.4 Å². The SMILES string of the molecule is N#Cc1nccnc1NCCCC(=O)N1Cc2ccccc2C1. The summed E-state index contributed by atoms with van der Waals surface area (Å²) in [6, 6.07) is 10.1. The molecule has 6 heteroatoms. The van der Waals surface area contributed by atoms with Gasteiger partial charge in [-0.2, -0.15) is 5.26 Å². The highest BCUT2D eigenvalue weighted by Gasteiger charge is 2.22. The van der Waals surface area contributed by atoms with Crippen molar-refractivity contribution in [3.63, 3.8) is 0 Å². The average Bonchev–Trinajstić information content (AvgIpc) is 3.03. The Morgan fingerprint density at radius 2 is 1.91 bits per heavy atom. The van der Waals surface area contributed by atoms with Crippen LogP contribution >= 0.6 is 0 Å². The fourth-order valence-electron chi connectivity index (χ4n) is 2.66. The van der Waals surface area contributed by atoms with Crippen LogP contribution in [0.3, 0.4) is 0 Å². The molecule has 0 saturated heterocycles. The van der Waals surface area contributed by atoms with Crippen LogP contribution in [0.5, 0.6) is 0 Å². The number of aromatic nitrogens is 2. The van der Waals surface area contributed by atoms with E-state index in [9.17, 15) is 4.79 Å². The number of rotatable bonds is 5. The summed E-state index contributed by atoms with van der Waals surface area (Å²) in [6.45, 7) is 1.98. The molecular weight excluding hydrogens is 290 g/mol. The Kier molecular flexibility index (Phi) is 4.48. The lowest BCUT2D eigenvalue weighted by Gasteiger charge is -2.15. The average molecular weight is 307 g/mol. The maximum atomic E-state index is 12.3. The summed E-state index contributed by atoms with van der Waals surface area (Å²) in [7, 11) is 0. The fourth-order valence-corrected chi connectivity index (χ4v) is 2.66. The minimum absolute atomic E-state index is 0.155. The van der Waals surface area contributed by atoms with Crippen molar-refractivity contribution in [2.24, 2.45) is 0 Å². The van der Waals surface area contributed by atoms with E-state index < -0.39 is 0 Å². The molecule has 1 aromatic carbocycles. The van der Waals surface area contributed by atoms with Gasteiger partial charge in [0.1, 0.15) is 6.07 Å². The lowest BCUT2D eigenvalue weighted by atomic mass is 10.1. The van der Waals surface area contributed by atoms with Gasteiger partial charge in [0, 0.05) is 38.4 Å². The lowest BCUT2D eigenvalue weighted by Crippen LogP contribution is -2.25. The van der Waals surface area contributed by atoms with Crippen molar-refractivity contribution in [3.05, 3.63) is 53.5 Å². The second-order valence-electron chi connectivity index (χ2n) is 5.41. The monoisotopic (exact) mass is 307 g/mol. The van der Waals surface area contributed by atoms with Crippen LogP contribution in [0.15, 0.2) is 36.7 Å². The summed E-state index contributed by atoms with van der Waals surface area (Å²) in [5.41, 5.74) is 2.74. The third-order valence-electron chi connectivity index (χ3n) is 3.86. The maximum Gasteiger partial charge on any atom is 0.223 e. The number of benzene rings is 1. The Labute approximate surface area is 134 Å². The standard InChI is InChI=1S/C17H17N5O/c18-10-15-17(21-9-8-19-15)20-7-3-6-16(23)22-11-13-4-1-2-5-14(13)12-22/h1-2,4-5,8-9H,3,6-7,11-12H2,(H,20,21). The molecule has 1 amide bonds. The first-order valence-electron chi connectivity index (χ1n) is 7.57. The van der Waals surface area contributed by atoms with Crippen LogP contribution < -0.4 is 5.32 Å². The van der Waals surface area contributed by atoms with Gasteiger partial charge in [0.25, 0.3) is 0 Å². The predicted molar refractivity (Wildman–Crippen MR) is 85.2 cm³/mol. The van der Waals surface area contributed by atoms with Crippen molar-refractivity contribution in [2.45, 2.75) is 25.9 Å². The number of hydrogen-bond acceptors (Lipinski definition) is 5. The summed E-state index contributed by atoms with van der Waals surface area (Å²) in [6.07, 6.45) is 4.18. The number of anilines is 1. The van der Waals surface area contributed by atoms with Crippen molar-refractivity contribution in [3.8, 4) is 6.07 Å². The van der Waals surface area contributed by atoms with Crippen molar-refractivity contribution in [1.82, 2.24) is 14.9 Å². The van der Waals surface area contributed by atoms with Gasteiger partial charge < -0.3 is 10.2 Å². The van der Waals surface area contributed by atoms with Gasteiger partial charge in [-0.3, -0.25) is 4.79 Å². The summed E-state index contributed by atoms with van der Waals surface area (Å²) < 4.78 is 0. The first-order chi connectivity index (χ1) is 11.3. The molecule has 0 unspecified atom stereocenters. The zero-order chi connectivity index (χ0) is 16.1. The third-order valence-corrected chi connectivity index (χ3v) is 3.86. The number of carbonyl (C=O) groups excluding carboxylic acids is 1. The highest BCUT2D eigenvalue weighted by molar-refractivity contribution is 5.77. The highest BCUT2D eigenvalue weighted by Crippen LogP contribution is 2.22. The molecule has 116 valence electrons. The van der Waals surface area contributed by atoms with Crippen molar-refractivity contribution in [2.75, 3.05) is 11.9 Å². The smallest absolute Gasteiger partial charge is 0.223 e. The zero-order valence-electron chi connectivity index (χ0n) is 12.7. The summed E-state index contributed by atoms with van der Waals surface area (Å²) in [4.78, 5) is 22.2. The largest absolute Gasteiger partial charge is 0.368 e. The van der Waals surface area contributed by atoms with E-state index in [-0.39, 0.29) is 11.6 Å². The maximum absolute atomic E-state index is 12.3. The van der Waals surface area contributed by atoms with Crippen molar-refractivity contribution in [1.29, 1.82) is 5.26 Å². The Morgan fingerprint density at radius 3 is 2.61 bits per heavy atom. The van der Waals surface area contributed by atoms with Crippen molar-refractivity contribution >= 4 is 11.7 Å². The van der Waals surface area contributed by atoms with Gasteiger partial charge in [-0.15, -0.1) is 0 Å². The van der Waals surface area contributed by atoms with Crippen LogP contribution in [0.2, 0.25) is 0 Å². The number of fused-ring (bicyclic) bond motifs is 1. The molecule has 0 bridgehead atoms. The summed E-state index contributed by atoms with van der Waals surface area (Å²) in [5.74, 6) is 0.624. The molecule has 1 N–H and O–H groups in total. The molecule has 23 heavy (non-hydrogen) atoms. The normalized spacial score (nSPS) is 12.6. The van der Waals surface area contributed by atoms with Crippen LogP contribution in [0, 0.1) is 11.3 Å². The van der Waals surface area contributed by atoms with Gasteiger partial charge in [-0.1, -0.05) is 24.3 Å².